The molecule has 4 rings (SSSR count). The second kappa shape index (κ2) is 9.97. The summed E-state index contributed by atoms with van der Waals surface area (Å²) >= 11 is 6.08. The molecule has 0 unspecified atom stereocenters. The first kappa shape index (κ1) is 22.7. The fourth-order valence-electron chi connectivity index (χ4n) is 3.17. The van der Waals surface area contributed by atoms with Crippen molar-refractivity contribution in [3.8, 4) is 5.75 Å². The van der Waals surface area contributed by atoms with Gasteiger partial charge < -0.3 is 10.1 Å². The zero-order valence-electron chi connectivity index (χ0n) is 17.6. The lowest BCUT2D eigenvalue weighted by molar-refractivity contribution is -0.386. The van der Waals surface area contributed by atoms with Gasteiger partial charge in [0.2, 0.25) is 0 Å². The predicted molar refractivity (Wildman–Crippen MR) is 125 cm³/mol. The first-order chi connectivity index (χ1) is 16.4. The summed E-state index contributed by atoms with van der Waals surface area (Å²) in [5.74, 6) is -0.755. The van der Waals surface area contributed by atoms with Crippen molar-refractivity contribution < 1.29 is 19.2 Å². The van der Waals surface area contributed by atoms with Crippen LogP contribution in [0.4, 0.5) is 11.4 Å². The summed E-state index contributed by atoms with van der Waals surface area (Å²) in [6.45, 7) is -0.142. The number of carbonyl (C=O) groups is 2. The van der Waals surface area contributed by atoms with Gasteiger partial charge >= 0.3 is 5.69 Å². The summed E-state index contributed by atoms with van der Waals surface area (Å²) in [6, 6.07) is 20.7. The van der Waals surface area contributed by atoms with Crippen LogP contribution in [0, 0.1) is 10.1 Å². The number of rotatable bonds is 8. The summed E-state index contributed by atoms with van der Waals surface area (Å²) in [7, 11) is 0. The van der Waals surface area contributed by atoms with E-state index in [2.05, 4.69) is 10.4 Å². The quantitative estimate of drug-likeness (QED) is 0.218. The maximum atomic E-state index is 12.9. The van der Waals surface area contributed by atoms with Crippen molar-refractivity contribution >= 4 is 34.7 Å². The summed E-state index contributed by atoms with van der Waals surface area (Å²) in [5.41, 5.74) is 0.877. The number of para-hydroxylation sites is 2. The van der Waals surface area contributed by atoms with Crippen LogP contribution in [-0.4, -0.2) is 26.4 Å². The molecule has 1 N–H and O–H groups in total. The molecule has 1 amide bonds. The molecule has 0 bridgehead atoms. The van der Waals surface area contributed by atoms with Crippen LogP contribution in [0.3, 0.4) is 0 Å². The highest BCUT2D eigenvalue weighted by Crippen LogP contribution is 2.26. The lowest BCUT2D eigenvalue weighted by atomic mass is 10.0. The zero-order valence-corrected chi connectivity index (χ0v) is 18.3. The van der Waals surface area contributed by atoms with Gasteiger partial charge in [0.05, 0.1) is 10.6 Å². The van der Waals surface area contributed by atoms with Crippen LogP contribution in [-0.2, 0) is 6.73 Å². The molecule has 1 heterocycles. The molecule has 0 saturated carbocycles. The Labute approximate surface area is 198 Å². The number of aromatic nitrogens is 2. The lowest BCUT2D eigenvalue weighted by Crippen LogP contribution is -2.17. The van der Waals surface area contributed by atoms with E-state index in [9.17, 15) is 19.7 Å². The molecule has 170 valence electrons. The van der Waals surface area contributed by atoms with Gasteiger partial charge in [0.25, 0.3) is 5.91 Å². The monoisotopic (exact) mass is 476 g/mol. The molecule has 4 aromatic rings. The van der Waals surface area contributed by atoms with E-state index in [0.29, 0.717) is 10.6 Å². The van der Waals surface area contributed by atoms with E-state index in [4.69, 9.17) is 16.3 Å². The molecule has 0 fully saturated rings. The van der Waals surface area contributed by atoms with Gasteiger partial charge in [-0.1, -0.05) is 54.1 Å². The normalized spacial score (nSPS) is 10.5. The van der Waals surface area contributed by atoms with Crippen LogP contribution in [0.25, 0.3) is 0 Å². The number of ketones is 1. The van der Waals surface area contributed by atoms with Gasteiger partial charge in [0, 0.05) is 28.4 Å². The van der Waals surface area contributed by atoms with Gasteiger partial charge in [-0.15, -0.1) is 0 Å². The Morgan fingerprint density at radius 3 is 2.53 bits per heavy atom. The molecular formula is C24H17ClN4O5. The first-order valence-corrected chi connectivity index (χ1v) is 10.4. The van der Waals surface area contributed by atoms with Gasteiger partial charge in [0.15, 0.2) is 24.0 Å². The Kier molecular flexibility index (Phi) is 6.65. The number of carbonyl (C=O) groups excluding carboxylic acids is 2. The van der Waals surface area contributed by atoms with Crippen molar-refractivity contribution in [2.75, 3.05) is 5.32 Å². The van der Waals surface area contributed by atoms with Crippen molar-refractivity contribution in [3.63, 3.8) is 0 Å². The molecule has 0 atom stereocenters. The number of hydrogen-bond acceptors (Lipinski definition) is 6. The third-order valence-corrected chi connectivity index (χ3v) is 5.03. The Hall–Kier alpha value is -4.50. The molecule has 34 heavy (non-hydrogen) atoms. The second-order valence-corrected chi connectivity index (χ2v) is 7.51. The molecule has 3 aromatic carbocycles. The molecule has 0 saturated heterocycles. The van der Waals surface area contributed by atoms with Gasteiger partial charge in [-0.2, -0.15) is 5.10 Å². The van der Waals surface area contributed by atoms with E-state index in [1.807, 2.05) is 0 Å². The number of nitrogens with one attached hydrogen (secondary N) is 1. The Balaban J connectivity index is 1.49. The first-order valence-electron chi connectivity index (χ1n) is 10.0. The molecule has 10 heteroatoms. The third-order valence-electron chi connectivity index (χ3n) is 4.80. The fraction of sp³-hybridized carbons (Fsp3) is 0.0417. The molecule has 0 spiro atoms. The van der Waals surface area contributed by atoms with Crippen molar-refractivity contribution in [2.24, 2.45) is 0 Å². The van der Waals surface area contributed by atoms with Crippen molar-refractivity contribution in [1.29, 1.82) is 0 Å². The largest absolute Gasteiger partial charge is 0.464 e. The molecule has 0 aliphatic rings. The van der Waals surface area contributed by atoms with Crippen LogP contribution < -0.4 is 10.1 Å². The average Bonchev–Trinajstić information content (AvgIpc) is 3.33. The van der Waals surface area contributed by atoms with E-state index in [0.717, 1.165) is 0 Å². The van der Waals surface area contributed by atoms with Crippen LogP contribution in [0.2, 0.25) is 5.02 Å². The van der Waals surface area contributed by atoms with Gasteiger partial charge in [-0.3, -0.25) is 19.7 Å². The lowest BCUT2D eigenvalue weighted by Gasteiger charge is -2.10. The molecule has 1 aromatic heterocycles. The molecule has 0 aliphatic carbocycles. The van der Waals surface area contributed by atoms with Crippen LogP contribution in [0.15, 0.2) is 85.1 Å². The van der Waals surface area contributed by atoms with Crippen LogP contribution >= 0.6 is 11.6 Å². The summed E-state index contributed by atoms with van der Waals surface area (Å²) in [6.07, 6.45) is 1.50. The second-order valence-electron chi connectivity index (χ2n) is 7.08. The Bertz CT molecular complexity index is 1370. The highest BCUT2D eigenvalue weighted by molar-refractivity contribution is 6.31. The SMILES string of the molecule is O=C(Nc1ccc(Cl)cc1C(=O)c1ccccc1)c1ccn(COc2ccccc2[N+](=O)[O-])n1. The fourth-order valence-corrected chi connectivity index (χ4v) is 3.34. The summed E-state index contributed by atoms with van der Waals surface area (Å²) in [4.78, 5) is 36.3. The van der Waals surface area contributed by atoms with Crippen molar-refractivity contribution in [2.45, 2.75) is 6.73 Å². The van der Waals surface area contributed by atoms with Gasteiger partial charge in [-0.05, 0) is 30.3 Å². The van der Waals surface area contributed by atoms with E-state index in [1.165, 1.54) is 41.2 Å². The minimum atomic E-state index is -0.547. The van der Waals surface area contributed by atoms with Crippen molar-refractivity contribution in [1.82, 2.24) is 9.78 Å². The summed E-state index contributed by atoms with van der Waals surface area (Å²) in [5, 5.41) is 18.3. The maximum absolute atomic E-state index is 12.9. The number of hydrogen-bond donors (Lipinski definition) is 1. The number of ether oxygens (including phenoxy) is 1. The van der Waals surface area contributed by atoms with Crippen LogP contribution in [0.1, 0.15) is 26.4 Å². The number of nitro benzene ring substituents is 1. The predicted octanol–water partition coefficient (Wildman–Crippen LogP) is 4.96. The molecule has 9 nitrogen and oxygen atoms in total. The molecule has 0 radical (unpaired) electrons. The smallest absolute Gasteiger partial charge is 0.311 e. The number of amides is 1. The standard InChI is InChI=1S/C24H17ClN4O5/c25-17-10-11-19(18(14-17)23(30)16-6-2-1-3-7-16)26-24(31)20-12-13-28(27-20)15-34-22-9-5-4-8-21(22)29(32)33/h1-14H,15H2,(H,26,31). The number of nitro groups is 1. The van der Waals surface area contributed by atoms with Crippen LogP contribution in [0.5, 0.6) is 5.75 Å². The minimum Gasteiger partial charge on any atom is -0.464 e. The average molecular weight is 477 g/mol. The summed E-state index contributed by atoms with van der Waals surface area (Å²) < 4.78 is 6.80. The third kappa shape index (κ3) is 5.11. The Morgan fingerprint density at radius 2 is 1.76 bits per heavy atom. The number of nitrogens with zero attached hydrogens (tertiary/aromatic N) is 3. The van der Waals surface area contributed by atoms with E-state index < -0.39 is 10.8 Å². The van der Waals surface area contributed by atoms with Gasteiger partial charge in [-0.25, -0.2) is 4.68 Å². The molecule has 0 aliphatic heterocycles. The van der Waals surface area contributed by atoms with Crippen molar-refractivity contribution in [3.05, 3.63) is 117 Å². The van der Waals surface area contributed by atoms with E-state index in [-0.39, 0.29) is 40.9 Å². The zero-order chi connectivity index (χ0) is 24.1. The Morgan fingerprint density at radius 1 is 1.03 bits per heavy atom. The highest BCUT2D eigenvalue weighted by Gasteiger charge is 2.18. The van der Waals surface area contributed by atoms with Gasteiger partial charge in [0.1, 0.15) is 0 Å². The topological polar surface area (TPSA) is 116 Å². The minimum absolute atomic E-state index is 0.0687. The van der Waals surface area contributed by atoms with E-state index >= 15 is 0 Å². The highest BCUT2D eigenvalue weighted by atomic mass is 35.5. The van der Waals surface area contributed by atoms with E-state index in [1.54, 1.807) is 48.5 Å². The molecular weight excluding hydrogens is 460 g/mol. The maximum Gasteiger partial charge on any atom is 0.311 e. The number of anilines is 1. The number of halogens is 1. The number of benzene rings is 3.